The van der Waals surface area contributed by atoms with Crippen LogP contribution in [-0.4, -0.2) is 70.2 Å². The number of ketones is 1. The number of nitrogens with zero attached hydrogens (tertiary/aromatic N) is 3. The van der Waals surface area contributed by atoms with Crippen molar-refractivity contribution in [2.45, 2.75) is 88.2 Å². The van der Waals surface area contributed by atoms with Gasteiger partial charge in [0.1, 0.15) is 6.04 Å². The molecular weight excluding hydrogens is 701 g/mol. The highest BCUT2D eigenvalue weighted by Crippen LogP contribution is 2.46. The number of carbonyl (C=O) groups is 5. The molecule has 54 heavy (non-hydrogen) atoms. The maximum absolute atomic E-state index is 14.1. The van der Waals surface area contributed by atoms with Crippen LogP contribution in [0.4, 0.5) is 5.69 Å². The molecule has 8 rings (SSSR count). The van der Waals surface area contributed by atoms with Crippen LogP contribution in [0.3, 0.4) is 0 Å². The number of fused-ring (bicyclic) bond motifs is 5. The molecule has 4 heterocycles. The maximum atomic E-state index is 14.1. The SMILES string of the molecule is CCc1cc2c(cc1N1CCC(NC(=O)CCSc3cccc4c3CN(C3CCC(=O)NC3=O)C4=O)CC1)C(C)(C)c1[nH]c3cc(C#N)ccc3c1C2=O. The van der Waals surface area contributed by atoms with Crippen LogP contribution >= 0.6 is 11.8 Å². The second kappa shape index (κ2) is 13.8. The number of nitriles is 1. The third kappa shape index (κ3) is 6.04. The lowest BCUT2D eigenvalue weighted by Gasteiger charge is -2.38. The van der Waals surface area contributed by atoms with E-state index in [4.69, 9.17) is 0 Å². The average molecular weight is 743 g/mol. The van der Waals surface area contributed by atoms with Gasteiger partial charge in [-0.05, 0) is 78.8 Å². The van der Waals surface area contributed by atoms with E-state index in [-0.39, 0.29) is 36.0 Å². The number of hydrogen-bond acceptors (Lipinski definition) is 8. The van der Waals surface area contributed by atoms with Gasteiger partial charge in [0.05, 0.1) is 17.2 Å². The predicted molar refractivity (Wildman–Crippen MR) is 206 cm³/mol. The number of rotatable bonds is 8. The van der Waals surface area contributed by atoms with Crippen LogP contribution in [0.25, 0.3) is 10.9 Å². The minimum Gasteiger partial charge on any atom is -0.371 e. The molecule has 12 heteroatoms. The molecular formula is C42H42N6O5S. The molecule has 4 aliphatic rings. The van der Waals surface area contributed by atoms with Crippen molar-refractivity contribution in [3.8, 4) is 6.07 Å². The van der Waals surface area contributed by atoms with Crippen LogP contribution in [0.15, 0.2) is 53.4 Å². The second-order valence-electron chi connectivity index (χ2n) is 15.2. The van der Waals surface area contributed by atoms with E-state index in [1.165, 1.54) is 11.8 Å². The van der Waals surface area contributed by atoms with Gasteiger partial charge in [-0.2, -0.15) is 5.26 Å². The molecule has 4 amide bonds. The number of aromatic nitrogens is 1. The van der Waals surface area contributed by atoms with Gasteiger partial charge in [-0.15, -0.1) is 11.8 Å². The van der Waals surface area contributed by atoms with Crippen molar-refractivity contribution in [3.05, 3.63) is 93.2 Å². The molecule has 0 radical (unpaired) electrons. The zero-order valence-corrected chi connectivity index (χ0v) is 31.5. The fourth-order valence-electron chi connectivity index (χ4n) is 8.67. The van der Waals surface area contributed by atoms with Crippen LogP contribution < -0.4 is 15.5 Å². The van der Waals surface area contributed by atoms with E-state index in [1.807, 2.05) is 24.3 Å². The van der Waals surface area contributed by atoms with Gasteiger partial charge >= 0.3 is 0 Å². The van der Waals surface area contributed by atoms with Crippen LogP contribution in [0, 0.1) is 11.3 Å². The van der Waals surface area contributed by atoms with Gasteiger partial charge in [-0.25, -0.2) is 0 Å². The first-order valence-corrected chi connectivity index (χ1v) is 19.7. The third-order valence-electron chi connectivity index (χ3n) is 11.6. The summed E-state index contributed by atoms with van der Waals surface area (Å²) < 4.78 is 0. The molecule has 276 valence electrons. The lowest BCUT2D eigenvalue weighted by molar-refractivity contribution is -0.137. The number of anilines is 1. The van der Waals surface area contributed by atoms with Crippen LogP contribution in [-0.2, 0) is 32.8 Å². The Balaban J connectivity index is 0.891. The molecule has 0 spiro atoms. The van der Waals surface area contributed by atoms with Gasteiger partial charge in [0, 0.05) is 88.0 Å². The van der Waals surface area contributed by atoms with Crippen molar-refractivity contribution in [2.75, 3.05) is 23.7 Å². The average Bonchev–Trinajstić information content (AvgIpc) is 3.72. The monoisotopic (exact) mass is 742 g/mol. The minimum absolute atomic E-state index is 0.00547. The van der Waals surface area contributed by atoms with Crippen molar-refractivity contribution in [3.63, 3.8) is 0 Å². The minimum atomic E-state index is -0.663. The molecule has 2 fully saturated rings. The summed E-state index contributed by atoms with van der Waals surface area (Å²) in [6.45, 7) is 8.28. The van der Waals surface area contributed by atoms with E-state index in [2.05, 4.69) is 59.5 Å². The summed E-state index contributed by atoms with van der Waals surface area (Å²) >= 11 is 1.54. The summed E-state index contributed by atoms with van der Waals surface area (Å²) in [6.07, 6.45) is 3.25. The predicted octanol–water partition coefficient (Wildman–Crippen LogP) is 5.50. The molecule has 1 atom stereocenters. The van der Waals surface area contributed by atoms with Crippen LogP contribution in [0.5, 0.6) is 0 Å². The van der Waals surface area contributed by atoms with Gasteiger partial charge in [0.2, 0.25) is 17.7 Å². The molecule has 1 unspecified atom stereocenters. The largest absolute Gasteiger partial charge is 0.371 e. The van der Waals surface area contributed by atoms with E-state index in [0.29, 0.717) is 41.8 Å². The molecule has 1 aromatic heterocycles. The lowest BCUT2D eigenvalue weighted by atomic mass is 9.70. The fraction of sp³-hybridized carbons (Fsp3) is 0.381. The van der Waals surface area contributed by atoms with Crippen molar-refractivity contribution < 1.29 is 24.0 Å². The summed E-state index contributed by atoms with van der Waals surface area (Å²) in [5.74, 6) is -0.394. The molecule has 0 bridgehead atoms. The molecule has 2 saturated heterocycles. The number of aromatic amines is 1. The standard InChI is InChI=1S/C42H42N6O5S/c1-4-24-19-28-30(42(2,3)39-37(38(28)51)27-9-8-23(21-43)18-31(27)45-39)20-33(24)47-15-12-25(13-16-47)44-36(50)14-17-54-34-7-5-6-26-29(34)22-48(41(26)53)32-10-11-35(49)46-40(32)52/h5-9,18-20,25,32,45H,4,10-17,22H2,1-3H3,(H,44,50)(H,46,49,52). The van der Waals surface area contributed by atoms with Gasteiger partial charge in [-0.1, -0.05) is 32.9 Å². The van der Waals surface area contributed by atoms with Gasteiger partial charge in [0.15, 0.2) is 5.78 Å². The highest BCUT2D eigenvalue weighted by atomic mass is 32.2. The summed E-state index contributed by atoms with van der Waals surface area (Å²) in [4.78, 5) is 72.8. The highest BCUT2D eigenvalue weighted by Gasteiger charge is 2.42. The van der Waals surface area contributed by atoms with Crippen LogP contribution in [0.2, 0.25) is 0 Å². The summed E-state index contributed by atoms with van der Waals surface area (Å²) in [5, 5.41) is 15.9. The summed E-state index contributed by atoms with van der Waals surface area (Å²) in [5.41, 5.74) is 7.87. The number of imide groups is 1. The number of piperidine rings is 2. The highest BCUT2D eigenvalue weighted by molar-refractivity contribution is 7.99. The normalized spacial score (nSPS) is 19.3. The molecule has 1 aliphatic carbocycles. The summed E-state index contributed by atoms with van der Waals surface area (Å²) in [7, 11) is 0. The zero-order chi connectivity index (χ0) is 37.9. The molecule has 0 saturated carbocycles. The fourth-order valence-corrected chi connectivity index (χ4v) is 9.70. The van der Waals surface area contributed by atoms with Crippen LogP contribution in [0.1, 0.15) is 107 Å². The number of nitrogens with one attached hydrogen (secondary N) is 3. The molecule has 11 nitrogen and oxygen atoms in total. The van der Waals surface area contributed by atoms with E-state index >= 15 is 0 Å². The number of H-pyrrole nitrogens is 1. The van der Waals surface area contributed by atoms with Crippen molar-refractivity contribution in [1.29, 1.82) is 5.26 Å². The Kier molecular flexibility index (Phi) is 9.09. The lowest BCUT2D eigenvalue weighted by Crippen LogP contribution is -2.52. The molecule has 3 aromatic carbocycles. The van der Waals surface area contributed by atoms with E-state index in [0.717, 1.165) is 81.8 Å². The number of hydrogen-bond donors (Lipinski definition) is 3. The van der Waals surface area contributed by atoms with Gasteiger partial charge in [0.25, 0.3) is 5.91 Å². The first-order valence-electron chi connectivity index (χ1n) is 18.7. The second-order valence-corrected chi connectivity index (χ2v) is 16.3. The van der Waals surface area contributed by atoms with Crippen molar-refractivity contribution >= 4 is 57.8 Å². The number of carbonyl (C=O) groups excluding carboxylic acids is 5. The Morgan fingerprint density at radius 3 is 2.57 bits per heavy atom. The molecule has 4 aromatic rings. The van der Waals surface area contributed by atoms with E-state index in [9.17, 15) is 29.2 Å². The van der Waals surface area contributed by atoms with E-state index in [1.54, 1.807) is 17.0 Å². The third-order valence-corrected chi connectivity index (χ3v) is 12.7. The Labute approximate surface area is 317 Å². The number of amides is 4. The first kappa shape index (κ1) is 35.6. The van der Waals surface area contributed by atoms with E-state index < -0.39 is 17.4 Å². The van der Waals surface area contributed by atoms with Gasteiger partial charge < -0.3 is 20.1 Å². The van der Waals surface area contributed by atoms with Crippen molar-refractivity contribution in [1.82, 2.24) is 20.5 Å². The topological polar surface area (TPSA) is 155 Å². The van der Waals surface area contributed by atoms with Gasteiger partial charge in [-0.3, -0.25) is 29.3 Å². The quantitative estimate of drug-likeness (QED) is 0.158. The number of aryl methyl sites for hydroxylation is 1. The Hall–Kier alpha value is -5.41. The zero-order valence-electron chi connectivity index (χ0n) is 30.6. The number of thioether (sulfide) groups is 1. The Morgan fingerprint density at radius 2 is 1.83 bits per heavy atom. The Bertz CT molecular complexity index is 2310. The molecule has 3 N–H and O–H groups in total. The maximum Gasteiger partial charge on any atom is 0.255 e. The number of benzene rings is 3. The summed E-state index contributed by atoms with van der Waals surface area (Å²) in [6, 6.07) is 16.9. The Morgan fingerprint density at radius 1 is 1.04 bits per heavy atom. The van der Waals surface area contributed by atoms with Crippen molar-refractivity contribution in [2.24, 2.45) is 0 Å². The smallest absolute Gasteiger partial charge is 0.255 e. The molecule has 3 aliphatic heterocycles. The first-order chi connectivity index (χ1) is 26.0.